The Labute approximate surface area is 210 Å². The van der Waals surface area contributed by atoms with Gasteiger partial charge in [-0.3, -0.25) is 9.69 Å². The number of methoxy groups -OCH3 is 2. The summed E-state index contributed by atoms with van der Waals surface area (Å²) in [5.41, 5.74) is 3.95. The first-order valence-corrected chi connectivity index (χ1v) is 12.8. The zero-order valence-electron chi connectivity index (χ0n) is 20.2. The molecule has 5 rings (SSSR count). The topological polar surface area (TPSA) is 59.1 Å². The highest BCUT2D eigenvalue weighted by Crippen LogP contribution is 2.48. The molecule has 182 valence electrons. The molecule has 3 heterocycles. The zero-order valence-corrected chi connectivity index (χ0v) is 21.0. The van der Waals surface area contributed by atoms with Gasteiger partial charge in [0.05, 0.1) is 26.2 Å². The van der Waals surface area contributed by atoms with Crippen molar-refractivity contribution >= 4 is 28.9 Å². The van der Waals surface area contributed by atoms with Gasteiger partial charge in [-0.15, -0.1) is 11.3 Å². The second-order valence-corrected chi connectivity index (χ2v) is 10.4. The lowest BCUT2D eigenvalue weighted by molar-refractivity contribution is -0.118. The SMILES string of the molecule is COC(=O)c1ccc(CN2CCC3(CC2)CN(C(=O)Cc2cccs2)c2ccc(OC)cc23)cc1. The van der Waals surface area contributed by atoms with Gasteiger partial charge < -0.3 is 14.4 Å². The number of carbonyl (C=O) groups is 2. The van der Waals surface area contributed by atoms with Crippen LogP contribution in [-0.4, -0.2) is 50.6 Å². The number of carbonyl (C=O) groups excluding carboxylic acids is 2. The van der Waals surface area contributed by atoms with Crippen LogP contribution in [0.1, 0.15) is 39.2 Å². The number of hydrogen-bond donors (Lipinski definition) is 0. The molecule has 0 bridgehead atoms. The van der Waals surface area contributed by atoms with Crippen LogP contribution in [0.3, 0.4) is 0 Å². The fraction of sp³-hybridized carbons (Fsp3) is 0.357. The van der Waals surface area contributed by atoms with Gasteiger partial charge in [0.15, 0.2) is 0 Å². The van der Waals surface area contributed by atoms with E-state index in [1.807, 2.05) is 58.8 Å². The summed E-state index contributed by atoms with van der Waals surface area (Å²) in [4.78, 5) is 30.6. The average molecular weight is 491 g/mol. The molecule has 1 saturated heterocycles. The lowest BCUT2D eigenvalue weighted by atomic mass is 9.74. The van der Waals surface area contributed by atoms with Crippen molar-refractivity contribution in [2.75, 3.05) is 38.8 Å². The third-order valence-corrected chi connectivity index (χ3v) is 8.20. The van der Waals surface area contributed by atoms with Gasteiger partial charge >= 0.3 is 5.97 Å². The summed E-state index contributed by atoms with van der Waals surface area (Å²) in [6, 6.07) is 17.8. The first kappa shape index (κ1) is 23.6. The maximum atomic E-state index is 13.3. The normalized spacial score (nSPS) is 16.8. The van der Waals surface area contributed by atoms with Gasteiger partial charge in [-0.25, -0.2) is 4.79 Å². The van der Waals surface area contributed by atoms with Gasteiger partial charge in [-0.2, -0.15) is 0 Å². The molecule has 1 amide bonds. The zero-order chi connectivity index (χ0) is 24.4. The summed E-state index contributed by atoms with van der Waals surface area (Å²) in [6.45, 7) is 3.45. The Hall–Kier alpha value is -3.16. The number of likely N-dealkylation sites (tertiary alicyclic amines) is 1. The van der Waals surface area contributed by atoms with Crippen LogP contribution < -0.4 is 9.64 Å². The minimum Gasteiger partial charge on any atom is -0.497 e. The summed E-state index contributed by atoms with van der Waals surface area (Å²) < 4.78 is 10.3. The van der Waals surface area contributed by atoms with Crippen molar-refractivity contribution in [1.82, 2.24) is 4.90 Å². The number of anilines is 1. The molecule has 0 saturated carbocycles. The molecule has 1 spiro atoms. The highest BCUT2D eigenvalue weighted by molar-refractivity contribution is 7.10. The highest BCUT2D eigenvalue weighted by atomic mass is 32.1. The monoisotopic (exact) mass is 490 g/mol. The average Bonchev–Trinajstić information content (AvgIpc) is 3.51. The lowest BCUT2D eigenvalue weighted by Crippen LogP contribution is -2.46. The van der Waals surface area contributed by atoms with E-state index in [9.17, 15) is 9.59 Å². The molecular weight excluding hydrogens is 460 g/mol. The van der Waals surface area contributed by atoms with Gasteiger partial charge in [-0.05, 0) is 78.8 Å². The number of rotatable bonds is 6. The summed E-state index contributed by atoms with van der Waals surface area (Å²) in [5, 5.41) is 2.02. The molecular formula is C28H30N2O4S. The van der Waals surface area contributed by atoms with E-state index in [2.05, 4.69) is 11.0 Å². The molecule has 0 atom stereocenters. The van der Waals surface area contributed by atoms with Crippen LogP contribution >= 0.6 is 11.3 Å². The molecule has 0 radical (unpaired) electrons. The predicted molar refractivity (Wildman–Crippen MR) is 137 cm³/mol. The van der Waals surface area contributed by atoms with Crippen molar-refractivity contribution in [2.24, 2.45) is 0 Å². The van der Waals surface area contributed by atoms with E-state index >= 15 is 0 Å². The molecule has 0 aliphatic carbocycles. The second-order valence-electron chi connectivity index (χ2n) is 9.36. The van der Waals surface area contributed by atoms with Crippen molar-refractivity contribution < 1.29 is 19.1 Å². The summed E-state index contributed by atoms with van der Waals surface area (Å²) in [6.07, 6.45) is 2.40. The molecule has 2 aliphatic heterocycles. The summed E-state index contributed by atoms with van der Waals surface area (Å²) in [5.74, 6) is 0.678. The van der Waals surface area contributed by atoms with Crippen molar-refractivity contribution in [1.29, 1.82) is 0 Å². The third-order valence-electron chi connectivity index (χ3n) is 7.33. The van der Waals surface area contributed by atoms with E-state index < -0.39 is 0 Å². The number of fused-ring (bicyclic) bond motifs is 2. The van der Waals surface area contributed by atoms with Gasteiger partial charge in [0.25, 0.3) is 0 Å². The molecule has 3 aromatic rings. The molecule has 35 heavy (non-hydrogen) atoms. The Kier molecular flexibility index (Phi) is 6.62. The van der Waals surface area contributed by atoms with E-state index in [1.165, 1.54) is 18.2 Å². The number of ether oxygens (including phenoxy) is 2. The van der Waals surface area contributed by atoms with Gasteiger partial charge in [0.1, 0.15) is 5.75 Å². The molecule has 1 fully saturated rings. The number of piperidine rings is 1. The van der Waals surface area contributed by atoms with Gasteiger partial charge in [0.2, 0.25) is 5.91 Å². The van der Waals surface area contributed by atoms with Crippen molar-refractivity contribution in [2.45, 2.75) is 31.2 Å². The Morgan fingerprint density at radius 1 is 1.03 bits per heavy atom. The predicted octanol–water partition coefficient (Wildman–Crippen LogP) is 4.67. The van der Waals surface area contributed by atoms with Gasteiger partial charge in [-0.1, -0.05) is 18.2 Å². The van der Waals surface area contributed by atoms with Gasteiger partial charge in [0, 0.05) is 29.1 Å². The molecule has 1 aromatic heterocycles. The number of benzene rings is 2. The van der Waals surface area contributed by atoms with Crippen LogP contribution in [0.5, 0.6) is 5.75 Å². The minimum absolute atomic E-state index is 0.0553. The smallest absolute Gasteiger partial charge is 0.337 e. The number of nitrogens with zero attached hydrogens (tertiary/aromatic N) is 2. The van der Waals surface area contributed by atoms with Crippen molar-refractivity contribution in [3.05, 3.63) is 81.5 Å². The molecule has 7 heteroatoms. The van der Waals surface area contributed by atoms with E-state index in [4.69, 9.17) is 9.47 Å². The number of esters is 1. The largest absolute Gasteiger partial charge is 0.497 e. The van der Waals surface area contributed by atoms with E-state index in [-0.39, 0.29) is 17.3 Å². The maximum Gasteiger partial charge on any atom is 0.337 e. The van der Waals surface area contributed by atoms with Crippen LogP contribution in [0.15, 0.2) is 60.0 Å². The lowest BCUT2D eigenvalue weighted by Gasteiger charge is -2.40. The highest BCUT2D eigenvalue weighted by Gasteiger charge is 2.46. The van der Waals surface area contributed by atoms with E-state index in [1.54, 1.807) is 18.4 Å². The molecule has 6 nitrogen and oxygen atoms in total. The van der Waals surface area contributed by atoms with E-state index in [0.29, 0.717) is 12.0 Å². The number of thiophene rings is 1. The van der Waals surface area contributed by atoms with Crippen molar-refractivity contribution in [3.63, 3.8) is 0 Å². The quantitative estimate of drug-likeness (QED) is 0.470. The Morgan fingerprint density at radius 3 is 2.46 bits per heavy atom. The first-order chi connectivity index (χ1) is 17.0. The van der Waals surface area contributed by atoms with Crippen LogP contribution in [0.2, 0.25) is 0 Å². The number of hydrogen-bond acceptors (Lipinski definition) is 6. The second kappa shape index (κ2) is 9.84. The van der Waals surface area contributed by atoms with Crippen LogP contribution in [0.25, 0.3) is 0 Å². The fourth-order valence-electron chi connectivity index (χ4n) is 5.34. The van der Waals surface area contributed by atoms with Crippen molar-refractivity contribution in [3.8, 4) is 5.75 Å². The third kappa shape index (κ3) is 4.70. The summed E-state index contributed by atoms with van der Waals surface area (Å²) >= 11 is 1.63. The Morgan fingerprint density at radius 2 is 1.80 bits per heavy atom. The fourth-order valence-corrected chi connectivity index (χ4v) is 6.04. The minimum atomic E-state index is -0.315. The summed E-state index contributed by atoms with van der Waals surface area (Å²) in [7, 11) is 3.09. The molecule has 2 aromatic carbocycles. The molecule has 0 N–H and O–H groups in total. The van der Waals surface area contributed by atoms with Crippen LogP contribution in [0.4, 0.5) is 5.69 Å². The Balaban J connectivity index is 1.31. The maximum absolute atomic E-state index is 13.3. The molecule has 0 unspecified atom stereocenters. The van der Waals surface area contributed by atoms with Crippen LogP contribution in [-0.2, 0) is 27.9 Å². The van der Waals surface area contributed by atoms with Crippen LogP contribution in [0, 0.1) is 0 Å². The Bertz CT molecular complexity index is 1200. The van der Waals surface area contributed by atoms with E-state index in [0.717, 1.165) is 55.3 Å². The molecule has 2 aliphatic rings. The standard InChI is InChI=1S/C28H30N2O4S/c1-33-22-9-10-25-24(16-22)28(19-30(25)26(31)17-23-4-3-15-35-23)11-13-29(14-12-28)18-20-5-7-21(8-6-20)27(32)34-2/h3-10,15-16H,11-14,17-19H2,1-2H3. The first-order valence-electron chi connectivity index (χ1n) is 11.9. The number of amides is 1.